The number of hydrogen-bond donors (Lipinski definition) is 2. The first kappa shape index (κ1) is 16.8. The van der Waals surface area contributed by atoms with Gasteiger partial charge in [0, 0.05) is 17.8 Å². The fourth-order valence-electron chi connectivity index (χ4n) is 2.72. The lowest BCUT2D eigenvalue weighted by Gasteiger charge is -2.13. The summed E-state index contributed by atoms with van der Waals surface area (Å²) in [7, 11) is -3.27. The van der Waals surface area contributed by atoms with E-state index in [1.54, 1.807) is 0 Å². The molecule has 2 atom stereocenters. The van der Waals surface area contributed by atoms with Crippen molar-refractivity contribution in [1.29, 1.82) is 0 Å². The summed E-state index contributed by atoms with van der Waals surface area (Å²) in [6.07, 6.45) is 3.00. The monoisotopic (exact) mass is 328 g/mol. The first-order chi connectivity index (χ1) is 10.0. The number of nitrogens with two attached hydrogens (primary N) is 1. The summed E-state index contributed by atoms with van der Waals surface area (Å²) in [5.41, 5.74) is 7.36. The first-order valence-corrected chi connectivity index (χ1v) is 10.1. The van der Waals surface area contributed by atoms with Crippen molar-refractivity contribution in [3.8, 4) is 0 Å². The lowest BCUT2D eigenvalue weighted by Crippen LogP contribution is -2.34. The van der Waals surface area contributed by atoms with Crippen LogP contribution in [-0.2, 0) is 22.3 Å². The second-order valence-corrected chi connectivity index (χ2v) is 8.82. The van der Waals surface area contributed by atoms with Gasteiger partial charge in [-0.1, -0.05) is 31.2 Å². The van der Waals surface area contributed by atoms with E-state index in [-0.39, 0.29) is 11.8 Å². The molecule has 0 aromatic heterocycles. The van der Waals surface area contributed by atoms with E-state index in [0.717, 1.165) is 36.1 Å². The molecule has 118 valence electrons. The predicted molar refractivity (Wildman–Crippen MR) is 89.7 cm³/mol. The molecule has 6 heteroatoms. The molecule has 1 fully saturated rings. The van der Waals surface area contributed by atoms with Gasteiger partial charge >= 0.3 is 0 Å². The zero-order valence-corrected chi connectivity index (χ0v) is 14.1. The molecular weight excluding hydrogens is 304 g/mol. The molecular formula is C15H24N2O2S2. The highest BCUT2D eigenvalue weighted by molar-refractivity contribution is 7.99. The van der Waals surface area contributed by atoms with Crippen molar-refractivity contribution in [2.75, 3.05) is 5.75 Å². The largest absolute Gasteiger partial charge is 0.326 e. The van der Waals surface area contributed by atoms with Gasteiger partial charge in [0.1, 0.15) is 0 Å². The van der Waals surface area contributed by atoms with Crippen LogP contribution in [0.3, 0.4) is 0 Å². The fourth-order valence-corrected chi connectivity index (χ4v) is 5.30. The third-order valence-corrected chi connectivity index (χ3v) is 6.39. The number of hydrogen-bond acceptors (Lipinski definition) is 4. The van der Waals surface area contributed by atoms with Crippen LogP contribution < -0.4 is 10.5 Å². The Kier molecular flexibility index (Phi) is 6.10. The van der Waals surface area contributed by atoms with E-state index in [9.17, 15) is 8.42 Å². The van der Waals surface area contributed by atoms with Crippen molar-refractivity contribution >= 4 is 21.8 Å². The summed E-state index contributed by atoms with van der Waals surface area (Å²) in [4.78, 5) is 0. The topological polar surface area (TPSA) is 72.2 Å². The molecule has 4 nitrogen and oxygen atoms in total. The van der Waals surface area contributed by atoms with Crippen LogP contribution in [0.5, 0.6) is 0 Å². The van der Waals surface area contributed by atoms with E-state index >= 15 is 0 Å². The van der Waals surface area contributed by atoms with Crippen molar-refractivity contribution < 1.29 is 8.42 Å². The van der Waals surface area contributed by atoms with E-state index < -0.39 is 10.0 Å². The van der Waals surface area contributed by atoms with Crippen LogP contribution in [0, 0.1) is 0 Å². The Balaban J connectivity index is 1.89. The van der Waals surface area contributed by atoms with Crippen molar-refractivity contribution in [1.82, 2.24) is 4.72 Å². The number of thioether (sulfide) groups is 1. The highest BCUT2D eigenvalue weighted by atomic mass is 32.2. The molecule has 1 aromatic rings. The zero-order chi connectivity index (χ0) is 15.3. The second kappa shape index (κ2) is 7.63. The Morgan fingerprint density at radius 1 is 1.24 bits per heavy atom. The standard InChI is InChI=1S/C15H24N2O2S2/c1-2-20-15-8-7-14(9-15)17-21(18,19)11-13-5-3-12(10-16)4-6-13/h3-6,14-15,17H,2,7-11,16H2,1H3. The normalized spacial score (nSPS) is 22.6. The van der Waals surface area contributed by atoms with Crippen molar-refractivity contribution in [2.45, 2.75) is 49.8 Å². The van der Waals surface area contributed by atoms with Gasteiger partial charge in [0.05, 0.1) is 5.75 Å². The average Bonchev–Trinajstić information content (AvgIpc) is 2.86. The van der Waals surface area contributed by atoms with Crippen LogP contribution in [0.4, 0.5) is 0 Å². The maximum Gasteiger partial charge on any atom is 0.216 e. The molecule has 2 unspecified atom stereocenters. The number of sulfonamides is 1. The maximum atomic E-state index is 12.2. The van der Waals surface area contributed by atoms with Crippen LogP contribution in [0.25, 0.3) is 0 Å². The van der Waals surface area contributed by atoms with Crippen LogP contribution in [0.2, 0.25) is 0 Å². The highest BCUT2D eigenvalue weighted by Crippen LogP contribution is 2.30. The fraction of sp³-hybridized carbons (Fsp3) is 0.600. The van der Waals surface area contributed by atoms with E-state index in [4.69, 9.17) is 5.73 Å². The van der Waals surface area contributed by atoms with Gasteiger partial charge in [-0.25, -0.2) is 13.1 Å². The summed E-state index contributed by atoms with van der Waals surface area (Å²) < 4.78 is 27.3. The number of nitrogens with one attached hydrogen (secondary N) is 1. The smallest absolute Gasteiger partial charge is 0.216 e. The molecule has 0 saturated heterocycles. The quantitative estimate of drug-likeness (QED) is 0.805. The van der Waals surface area contributed by atoms with Crippen LogP contribution in [-0.4, -0.2) is 25.5 Å². The minimum absolute atomic E-state index is 0.0416. The van der Waals surface area contributed by atoms with Crippen molar-refractivity contribution in [2.24, 2.45) is 5.73 Å². The molecule has 0 aliphatic heterocycles. The second-order valence-electron chi connectivity index (χ2n) is 5.48. The van der Waals surface area contributed by atoms with Gasteiger partial charge in [-0.05, 0) is 36.1 Å². The van der Waals surface area contributed by atoms with Gasteiger partial charge in [-0.3, -0.25) is 0 Å². The predicted octanol–water partition coefficient (Wildman–Crippen LogP) is 2.24. The maximum absolute atomic E-state index is 12.2. The minimum Gasteiger partial charge on any atom is -0.326 e. The number of benzene rings is 1. The molecule has 0 spiro atoms. The van der Waals surface area contributed by atoms with Crippen molar-refractivity contribution in [3.05, 3.63) is 35.4 Å². The summed E-state index contributed by atoms with van der Waals surface area (Å²) in [6, 6.07) is 7.54. The summed E-state index contributed by atoms with van der Waals surface area (Å²) in [5, 5.41) is 0.603. The van der Waals surface area contributed by atoms with E-state index in [2.05, 4.69) is 11.6 Å². The van der Waals surface area contributed by atoms with Gasteiger partial charge in [0.25, 0.3) is 0 Å². The van der Waals surface area contributed by atoms with Gasteiger partial charge in [0.15, 0.2) is 0 Å². The number of rotatable bonds is 7. The van der Waals surface area contributed by atoms with Crippen LogP contribution >= 0.6 is 11.8 Å². The molecule has 0 amide bonds. The van der Waals surface area contributed by atoms with Crippen molar-refractivity contribution in [3.63, 3.8) is 0 Å². The summed E-state index contributed by atoms with van der Waals surface area (Å²) >= 11 is 1.93. The lowest BCUT2D eigenvalue weighted by molar-refractivity contribution is 0.552. The summed E-state index contributed by atoms with van der Waals surface area (Å²) in [6.45, 7) is 2.62. The molecule has 3 N–H and O–H groups in total. The van der Waals surface area contributed by atoms with Crippen LogP contribution in [0.15, 0.2) is 24.3 Å². The van der Waals surface area contributed by atoms with Gasteiger partial charge < -0.3 is 5.73 Å². The Morgan fingerprint density at radius 3 is 2.52 bits per heavy atom. The lowest BCUT2D eigenvalue weighted by atomic mass is 10.1. The summed E-state index contributed by atoms with van der Waals surface area (Å²) in [5.74, 6) is 1.14. The Morgan fingerprint density at radius 2 is 1.90 bits per heavy atom. The molecule has 1 aromatic carbocycles. The zero-order valence-electron chi connectivity index (χ0n) is 12.4. The van der Waals surface area contributed by atoms with Gasteiger partial charge in [-0.15, -0.1) is 0 Å². The molecule has 0 bridgehead atoms. The first-order valence-electron chi connectivity index (χ1n) is 7.42. The molecule has 2 rings (SSSR count). The highest BCUT2D eigenvalue weighted by Gasteiger charge is 2.27. The minimum atomic E-state index is -3.27. The molecule has 1 aliphatic carbocycles. The van der Waals surface area contributed by atoms with Gasteiger partial charge in [-0.2, -0.15) is 11.8 Å². The van der Waals surface area contributed by atoms with E-state index in [1.165, 1.54) is 0 Å². The molecule has 0 radical (unpaired) electrons. The molecule has 1 saturated carbocycles. The Hall–Kier alpha value is -0.560. The molecule has 21 heavy (non-hydrogen) atoms. The third kappa shape index (κ3) is 5.29. The Labute approximate surface area is 131 Å². The molecule has 1 aliphatic rings. The molecule has 0 heterocycles. The SMILES string of the molecule is CCSC1CCC(NS(=O)(=O)Cc2ccc(CN)cc2)C1. The third-order valence-electron chi connectivity index (χ3n) is 3.75. The average molecular weight is 329 g/mol. The van der Waals surface area contributed by atoms with E-state index in [1.807, 2.05) is 36.0 Å². The van der Waals surface area contributed by atoms with Crippen LogP contribution in [0.1, 0.15) is 37.3 Å². The Bertz CT molecular complexity index is 543. The van der Waals surface area contributed by atoms with Gasteiger partial charge in [0.2, 0.25) is 10.0 Å². The van der Waals surface area contributed by atoms with E-state index in [0.29, 0.717) is 11.8 Å².